The number of nitrogens with one attached hydrogen (secondary N) is 2. The lowest BCUT2D eigenvalue weighted by Gasteiger charge is -2.23. The van der Waals surface area contributed by atoms with Crippen molar-refractivity contribution < 1.29 is 14.3 Å². The standard InChI is InChI=1S/C26H31BrClN5O3/c1-26(2,3)22-16-23(33(31-22)21-12-6-5-11-20(21)28)30-24(34)17-32(13-8-14-36-4)25(35)29-19-10-7-9-18(27)15-19/h5-7,9-12,15-16H,8,13-14,17H2,1-4H3,(H,29,35)(H,30,34). The van der Waals surface area contributed by atoms with Gasteiger partial charge in [-0.25, -0.2) is 9.48 Å². The first kappa shape index (κ1) is 27.7. The molecule has 36 heavy (non-hydrogen) atoms. The summed E-state index contributed by atoms with van der Waals surface area (Å²) < 4.78 is 7.59. The number of rotatable bonds is 9. The summed E-state index contributed by atoms with van der Waals surface area (Å²) in [6.45, 7) is 6.79. The van der Waals surface area contributed by atoms with E-state index in [0.29, 0.717) is 41.8 Å². The van der Waals surface area contributed by atoms with Crippen molar-refractivity contribution in [3.05, 3.63) is 69.8 Å². The van der Waals surface area contributed by atoms with Gasteiger partial charge in [-0.15, -0.1) is 0 Å². The van der Waals surface area contributed by atoms with Gasteiger partial charge in [-0.2, -0.15) is 5.10 Å². The summed E-state index contributed by atoms with van der Waals surface area (Å²) in [5.41, 5.74) is 1.82. The van der Waals surface area contributed by atoms with Crippen LogP contribution in [-0.4, -0.2) is 53.4 Å². The van der Waals surface area contributed by atoms with Gasteiger partial charge in [-0.05, 0) is 36.8 Å². The summed E-state index contributed by atoms with van der Waals surface area (Å²) in [4.78, 5) is 27.6. The lowest BCUT2D eigenvalue weighted by molar-refractivity contribution is -0.116. The van der Waals surface area contributed by atoms with Crippen molar-refractivity contribution in [3.63, 3.8) is 0 Å². The Balaban J connectivity index is 1.81. The fraction of sp³-hybridized carbons (Fsp3) is 0.346. The highest BCUT2D eigenvalue weighted by atomic mass is 79.9. The minimum Gasteiger partial charge on any atom is -0.385 e. The van der Waals surface area contributed by atoms with Crippen molar-refractivity contribution >= 4 is 51.0 Å². The van der Waals surface area contributed by atoms with Gasteiger partial charge in [0.15, 0.2) is 0 Å². The number of para-hydroxylation sites is 1. The predicted molar refractivity (Wildman–Crippen MR) is 147 cm³/mol. The molecule has 3 amide bonds. The number of urea groups is 1. The monoisotopic (exact) mass is 575 g/mol. The van der Waals surface area contributed by atoms with E-state index in [-0.39, 0.29) is 23.9 Å². The molecule has 0 unspecified atom stereocenters. The third kappa shape index (κ3) is 7.56. The maximum absolute atomic E-state index is 13.1. The smallest absolute Gasteiger partial charge is 0.322 e. The number of anilines is 2. The number of carbonyl (C=O) groups excluding carboxylic acids is 2. The topological polar surface area (TPSA) is 88.5 Å². The van der Waals surface area contributed by atoms with E-state index < -0.39 is 0 Å². The zero-order valence-corrected chi connectivity index (χ0v) is 23.2. The number of halogens is 2. The molecule has 0 aliphatic rings. The summed E-state index contributed by atoms with van der Waals surface area (Å²) in [5.74, 6) is 0.118. The fourth-order valence-corrected chi connectivity index (χ4v) is 4.04. The van der Waals surface area contributed by atoms with Crippen LogP contribution in [0.15, 0.2) is 59.1 Å². The second kappa shape index (κ2) is 12.4. The van der Waals surface area contributed by atoms with Gasteiger partial charge < -0.3 is 20.3 Å². The highest BCUT2D eigenvalue weighted by Gasteiger charge is 2.24. The molecule has 3 rings (SSSR count). The Hall–Kier alpha value is -2.88. The molecule has 0 fully saturated rings. The van der Waals surface area contributed by atoms with Gasteiger partial charge in [0.25, 0.3) is 0 Å². The quantitative estimate of drug-likeness (QED) is 0.302. The van der Waals surface area contributed by atoms with Crippen LogP contribution in [0, 0.1) is 0 Å². The molecule has 2 aromatic carbocycles. The molecule has 10 heteroatoms. The number of aromatic nitrogens is 2. The second-order valence-corrected chi connectivity index (χ2v) is 10.6. The summed E-state index contributed by atoms with van der Waals surface area (Å²) in [5, 5.41) is 11.0. The molecule has 0 saturated carbocycles. The SMILES string of the molecule is COCCCN(CC(=O)Nc1cc(C(C)(C)C)nn1-c1ccccc1Cl)C(=O)Nc1cccc(Br)c1. The van der Waals surface area contributed by atoms with Crippen LogP contribution in [0.2, 0.25) is 5.02 Å². The molecule has 0 radical (unpaired) electrons. The number of nitrogens with zero attached hydrogens (tertiary/aromatic N) is 3. The lowest BCUT2D eigenvalue weighted by Crippen LogP contribution is -2.41. The van der Waals surface area contributed by atoms with Gasteiger partial charge >= 0.3 is 6.03 Å². The molecular weight excluding hydrogens is 546 g/mol. The highest BCUT2D eigenvalue weighted by Crippen LogP contribution is 2.29. The van der Waals surface area contributed by atoms with Gasteiger partial charge in [-0.3, -0.25) is 4.79 Å². The van der Waals surface area contributed by atoms with Crippen molar-refractivity contribution in [1.29, 1.82) is 0 Å². The predicted octanol–water partition coefficient (Wildman–Crippen LogP) is 6.09. The van der Waals surface area contributed by atoms with E-state index in [4.69, 9.17) is 21.4 Å². The molecular formula is C26H31BrClN5O3. The number of hydrogen-bond donors (Lipinski definition) is 2. The Bertz CT molecular complexity index is 1210. The Morgan fingerprint density at radius 2 is 1.86 bits per heavy atom. The number of methoxy groups -OCH3 is 1. The average Bonchev–Trinajstić information content (AvgIpc) is 3.23. The molecule has 0 saturated heterocycles. The normalized spacial score (nSPS) is 11.3. The average molecular weight is 577 g/mol. The Labute approximate surface area is 225 Å². The van der Waals surface area contributed by atoms with Crippen molar-refractivity contribution in [2.75, 3.05) is 37.4 Å². The van der Waals surface area contributed by atoms with Crippen LogP contribution in [0.5, 0.6) is 0 Å². The molecule has 0 spiro atoms. The van der Waals surface area contributed by atoms with Gasteiger partial charge in [0.05, 0.1) is 16.4 Å². The van der Waals surface area contributed by atoms with Crippen molar-refractivity contribution in [1.82, 2.24) is 14.7 Å². The first-order chi connectivity index (χ1) is 17.1. The van der Waals surface area contributed by atoms with Crippen LogP contribution in [0.25, 0.3) is 5.69 Å². The van der Waals surface area contributed by atoms with E-state index >= 15 is 0 Å². The van der Waals surface area contributed by atoms with Crippen LogP contribution < -0.4 is 10.6 Å². The number of amides is 3. The molecule has 1 heterocycles. The first-order valence-corrected chi connectivity index (χ1v) is 12.7. The Morgan fingerprint density at radius 3 is 2.53 bits per heavy atom. The summed E-state index contributed by atoms with van der Waals surface area (Å²) >= 11 is 9.83. The molecule has 192 valence electrons. The van der Waals surface area contributed by atoms with E-state index in [9.17, 15) is 9.59 Å². The Kier molecular flexibility index (Phi) is 9.53. The number of ether oxygens (including phenoxy) is 1. The fourth-order valence-electron chi connectivity index (χ4n) is 3.42. The molecule has 0 aliphatic carbocycles. The van der Waals surface area contributed by atoms with E-state index in [2.05, 4.69) is 26.6 Å². The summed E-state index contributed by atoms with van der Waals surface area (Å²) in [7, 11) is 1.60. The van der Waals surface area contributed by atoms with Crippen LogP contribution >= 0.6 is 27.5 Å². The van der Waals surface area contributed by atoms with Crippen LogP contribution in [0.3, 0.4) is 0 Å². The van der Waals surface area contributed by atoms with Crippen molar-refractivity contribution in [2.24, 2.45) is 0 Å². The van der Waals surface area contributed by atoms with Gasteiger partial charge in [0.1, 0.15) is 12.4 Å². The molecule has 3 aromatic rings. The van der Waals surface area contributed by atoms with Crippen LogP contribution in [0.1, 0.15) is 32.9 Å². The summed E-state index contributed by atoms with van der Waals surface area (Å²) in [6.07, 6.45) is 0.585. The van der Waals surface area contributed by atoms with Gasteiger partial charge in [0.2, 0.25) is 5.91 Å². The molecule has 1 aromatic heterocycles. The van der Waals surface area contributed by atoms with E-state index in [1.54, 1.807) is 30.0 Å². The molecule has 8 nitrogen and oxygen atoms in total. The molecule has 0 bridgehead atoms. The largest absolute Gasteiger partial charge is 0.385 e. The molecule has 2 N–H and O–H groups in total. The van der Waals surface area contributed by atoms with Gasteiger partial charge in [-0.1, -0.05) is 66.5 Å². The first-order valence-electron chi connectivity index (χ1n) is 11.5. The second-order valence-electron chi connectivity index (χ2n) is 9.28. The summed E-state index contributed by atoms with van der Waals surface area (Å²) in [6, 6.07) is 16.0. The molecule has 0 atom stereocenters. The van der Waals surface area contributed by atoms with E-state index in [1.807, 2.05) is 57.2 Å². The zero-order valence-electron chi connectivity index (χ0n) is 20.8. The maximum Gasteiger partial charge on any atom is 0.322 e. The van der Waals surface area contributed by atoms with E-state index in [0.717, 1.165) is 10.2 Å². The van der Waals surface area contributed by atoms with Crippen molar-refractivity contribution in [3.8, 4) is 5.69 Å². The number of hydrogen-bond acceptors (Lipinski definition) is 4. The minimum atomic E-state index is -0.380. The van der Waals surface area contributed by atoms with E-state index in [1.165, 1.54) is 4.90 Å². The van der Waals surface area contributed by atoms with Gasteiger partial charge in [0, 0.05) is 41.9 Å². The maximum atomic E-state index is 13.1. The lowest BCUT2D eigenvalue weighted by atomic mass is 9.92. The van der Waals surface area contributed by atoms with Crippen molar-refractivity contribution in [2.45, 2.75) is 32.6 Å². The molecule has 0 aliphatic heterocycles. The third-order valence-corrected chi connectivity index (χ3v) is 6.11. The minimum absolute atomic E-state index is 0.151. The highest BCUT2D eigenvalue weighted by molar-refractivity contribution is 9.10. The Morgan fingerprint density at radius 1 is 1.11 bits per heavy atom. The van der Waals surface area contributed by atoms with Crippen LogP contribution in [0.4, 0.5) is 16.3 Å². The van der Waals surface area contributed by atoms with Crippen LogP contribution in [-0.2, 0) is 14.9 Å². The number of carbonyl (C=O) groups is 2. The zero-order chi connectivity index (χ0) is 26.3. The number of benzene rings is 2. The third-order valence-electron chi connectivity index (χ3n) is 5.30.